The van der Waals surface area contributed by atoms with Crippen LogP contribution in [0.25, 0.3) is 0 Å². The van der Waals surface area contributed by atoms with Gasteiger partial charge in [0.2, 0.25) is 0 Å². The summed E-state index contributed by atoms with van der Waals surface area (Å²) in [5, 5.41) is 4.07. The Bertz CT molecular complexity index is 728. The molecule has 1 saturated heterocycles. The maximum Gasteiger partial charge on any atom is 0.173 e. The largest absolute Gasteiger partial charge is 0.495 e. The van der Waals surface area contributed by atoms with Crippen LogP contribution in [-0.2, 0) is 0 Å². The van der Waals surface area contributed by atoms with Crippen molar-refractivity contribution in [3.63, 3.8) is 0 Å². The normalized spacial score (nSPS) is 14.1. The second kappa shape index (κ2) is 8.76. The summed E-state index contributed by atoms with van der Waals surface area (Å²) in [6.07, 6.45) is 0. The molecule has 138 valence electrons. The quantitative estimate of drug-likeness (QED) is 0.809. The first-order chi connectivity index (χ1) is 12.7. The molecule has 0 atom stereocenters. The van der Waals surface area contributed by atoms with E-state index in [0.29, 0.717) is 6.61 Å². The lowest BCUT2D eigenvalue weighted by Gasteiger charge is -2.37. The van der Waals surface area contributed by atoms with Crippen LogP contribution < -0.4 is 19.7 Å². The highest BCUT2D eigenvalue weighted by atomic mass is 32.1. The van der Waals surface area contributed by atoms with Crippen LogP contribution in [0.1, 0.15) is 6.92 Å². The van der Waals surface area contributed by atoms with Gasteiger partial charge in [0.25, 0.3) is 0 Å². The monoisotopic (exact) mass is 371 g/mol. The minimum atomic E-state index is 0.668. The number of ether oxygens (including phenoxy) is 2. The first-order valence-electron chi connectivity index (χ1n) is 8.88. The average Bonchev–Trinajstić information content (AvgIpc) is 2.70. The Morgan fingerprint density at radius 3 is 2.38 bits per heavy atom. The van der Waals surface area contributed by atoms with E-state index in [1.807, 2.05) is 49.4 Å². The van der Waals surface area contributed by atoms with Gasteiger partial charge in [-0.15, -0.1) is 0 Å². The Hall–Kier alpha value is -2.47. The lowest BCUT2D eigenvalue weighted by Crippen LogP contribution is -2.50. The molecule has 1 N–H and O–H groups in total. The maximum absolute atomic E-state index is 5.58. The van der Waals surface area contributed by atoms with Gasteiger partial charge < -0.3 is 24.6 Å². The van der Waals surface area contributed by atoms with Crippen LogP contribution >= 0.6 is 12.2 Å². The molecule has 2 aromatic carbocycles. The molecule has 0 unspecified atom stereocenters. The van der Waals surface area contributed by atoms with Crippen molar-refractivity contribution >= 4 is 28.7 Å². The second-order valence-corrected chi connectivity index (χ2v) is 6.42. The zero-order valence-corrected chi connectivity index (χ0v) is 16.1. The summed E-state index contributed by atoms with van der Waals surface area (Å²) in [4.78, 5) is 4.55. The van der Waals surface area contributed by atoms with Gasteiger partial charge in [-0.25, -0.2) is 0 Å². The van der Waals surface area contributed by atoms with Gasteiger partial charge in [0, 0.05) is 31.9 Å². The van der Waals surface area contributed by atoms with Gasteiger partial charge in [-0.1, -0.05) is 12.1 Å². The van der Waals surface area contributed by atoms with Gasteiger partial charge >= 0.3 is 0 Å². The lowest BCUT2D eigenvalue weighted by atomic mass is 10.2. The molecule has 6 heteroatoms. The number of para-hydroxylation sites is 2. The topological polar surface area (TPSA) is 37.0 Å². The predicted molar refractivity (Wildman–Crippen MR) is 111 cm³/mol. The highest BCUT2D eigenvalue weighted by Gasteiger charge is 2.21. The van der Waals surface area contributed by atoms with Gasteiger partial charge in [-0.3, -0.25) is 0 Å². The van der Waals surface area contributed by atoms with Gasteiger partial charge in [0.05, 0.1) is 19.4 Å². The summed E-state index contributed by atoms with van der Waals surface area (Å²) in [5.41, 5.74) is 2.12. The fourth-order valence-electron chi connectivity index (χ4n) is 3.05. The Labute approximate surface area is 160 Å². The van der Waals surface area contributed by atoms with Crippen molar-refractivity contribution in [1.82, 2.24) is 4.90 Å². The number of hydrogen-bond donors (Lipinski definition) is 1. The van der Waals surface area contributed by atoms with Gasteiger partial charge in [-0.2, -0.15) is 0 Å². The molecule has 0 radical (unpaired) electrons. The molecule has 0 saturated carbocycles. The fourth-order valence-corrected chi connectivity index (χ4v) is 3.35. The van der Waals surface area contributed by atoms with E-state index in [4.69, 9.17) is 21.7 Å². The predicted octanol–water partition coefficient (Wildman–Crippen LogP) is 3.61. The van der Waals surface area contributed by atoms with E-state index in [-0.39, 0.29) is 0 Å². The van der Waals surface area contributed by atoms with Crippen LogP contribution in [0.15, 0.2) is 48.5 Å². The Balaban J connectivity index is 1.55. The molecule has 1 aliphatic heterocycles. The Morgan fingerprint density at radius 1 is 1.04 bits per heavy atom. The minimum absolute atomic E-state index is 0.668. The molecule has 26 heavy (non-hydrogen) atoms. The summed E-state index contributed by atoms with van der Waals surface area (Å²) in [6, 6.07) is 16.0. The summed E-state index contributed by atoms with van der Waals surface area (Å²) in [5.74, 6) is 1.78. The maximum atomic E-state index is 5.58. The van der Waals surface area contributed by atoms with Gasteiger partial charge in [0.15, 0.2) is 5.11 Å². The molecule has 0 aliphatic carbocycles. The van der Waals surface area contributed by atoms with Crippen molar-refractivity contribution in [2.45, 2.75) is 6.92 Å². The van der Waals surface area contributed by atoms with Crippen LogP contribution in [0.4, 0.5) is 11.4 Å². The van der Waals surface area contributed by atoms with E-state index >= 15 is 0 Å². The van der Waals surface area contributed by atoms with Crippen molar-refractivity contribution in [3.05, 3.63) is 48.5 Å². The number of thiocarbonyl (C=S) groups is 1. The zero-order chi connectivity index (χ0) is 18.4. The molecule has 0 amide bonds. The van der Waals surface area contributed by atoms with Crippen LogP contribution in [-0.4, -0.2) is 49.9 Å². The molecule has 5 nitrogen and oxygen atoms in total. The Morgan fingerprint density at radius 2 is 1.73 bits per heavy atom. The van der Waals surface area contributed by atoms with Crippen molar-refractivity contribution in [2.24, 2.45) is 0 Å². The molecule has 0 aromatic heterocycles. The Kier molecular flexibility index (Phi) is 6.17. The standard InChI is InChI=1S/C20H25N3O2S/c1-3-25-17-10-8-16(9-11-17)21-20(26)23-14-12-22(13-15-23)18-6-4-5-7-19(18)24-2/h4-11H,3,12-15H2,1-2H3,(H,21,26). The minimum Gasteiger partial charge on any atom is -0.495 e. The van der Waals surface area contributed by atoms with E-state index in [9.17, 15) is 0 Å². The first-order valence-corrected chi connectivity index (χ1v) is 9.29. The number of methoxy groups -OCH3 is 1. The molecular weight excluding hydrogens is 346 g/mol. The summed E-state index contributed by atoms with van der Waals surface area (Å²) in [7, 11) is 1.71. The number of rotatable bonds is 5. The van der Waals surface area contributed by atoms with Crippen molar-refractivity contribution < 1.29 is 9.47 Å². The van der Waals surface area contributed by atoms with Crippen LogP contribution in [0.3, 0.4) is 0 Å². The third kappa shape index (κ3) is 4.38. The van der Waals surface area contributed by atoms with Crippen molar-refractivity contribution in [3.8, 4) is 11.5 Å². The van der Waals surface area contributed by atoms with E-state index in [0.717, 1.165) is 54.2 Å². The van der Waals surface area contributed by atoms with E-state index in [1.165, 1.54) is 0 Å². The zero-order valence-electron chi connectivity index (χ0n) is 15.3. The third-order valence-electron chi connectivity index (χ3n) is 4.41. The highest BCUT2D eigenvalue weighted by molar-refractivity contribution is 7.80. The number of anilines is 2. The van der Waals surface area contributed by atoms with E-state index in [1.54, 1.807) is 7.11 Å². The summed E-state index contributed by atoms with van der Waals surface area (Å²) in [6.45, 7) is 6.21. The average molecular weight is 372 g/mol. The number of benzene rings is 2. The number of piperazine rings is 1. The summed E-state index contributed by atoms with van der Waals surface area (Å²) < 4.78 is 10.9. The number of nitrogens with one attached hydrogen (secondary N) is 1. The van der Waals surface area contributed by atoms with E-state index < -0.39 is 0 Å². The molecule has 0 bridgehead atoms. The molecule has 1 aliphatic rings. The number of hydrogen-bond acceptors (Lipinski definition) is 4. The molecule has 3 rings (SSSR count). The molecule has 2 aromatic rings. The van der Waals surface area contributed by atoms with Gasteiger partial charge in [0.1, 0.15) is 11.5 Å². The number of nitrogens with zero attached hydrogens (tertiary/aromatic N) is 2. The molecular formula is C20H25N3O2S. The van der Waals surface area contributed by atoms with Crippen LogP contribution in [0.2, 0.25) is 0 Å². The van der Waals surface area contributed by atoms with Crippen molar-refractivity contribution in [2.75, 3.05) is 50.1 Å². The first kappa shape index (κ1) is 18.3. The smallest absolute Gasteiger partial charge is 0.173 e. The second-order valence-electron chi connectivity index (χ2n) is 6.03. The SMILES string of the molecule is CCOc1ccc(NC(=S)N2CCN(c3ccccc3OC)CC2)cc1. The highest BCUT2D eigenvalue weighted by Crippen LogP contribution is 2.28. The fraction of sp³-hybridized carbons (Fsp3) is 0.350. The van der Waals surface area contributed by atoms with Gasteiger partial charge in [-0.05, 0) is 55.5 Å². The van der Waals surface area contributed by atoms with Crippen molar-refractivity contribution in [1.29, 1.82) is 0 Å². The van der Waals surface area contributed by atoms with Crippen LogP contribution in [0.5, 0.6) is 11.5 Å². The lowest BCUT2D eigenvalue weighted by molar-refractivity contribution is 0.340. The molecule has 1 heterocycles. The van der Waals surface area contributed by atoms with Crippen LogP contribution in [0, 0.1) is 0 Å². The third-order valence-corrected chi connectivity index (χ3v) is 4.77. The molecule has 0 spiro atoms. The molecule has 1 fully saturated rings. The van der Waals surface area contributed by atoms with E-state index in [2.05, 4.69) is 21.2 Å². The summed E-state index contributed by atoms with van der Waals surface area (Å²) >= 11 is 5.58.